The fraction of sp³-hybridized carbons (Fsp3) is 0.333. The van der Waals surface area contributed by atoms with Crippen LogP contribution in [-0.2, 0) is 0 Å². The SMILES string of the molecule is COc1ccccc1N1CCN(c2cnc(N)c(C#N)c2C)CC1. The predicted octanol–water partition coefficient (Wildman–Crippen LogP) is 2.18. The Labute approximate surface area is 142 Å². The number of ether oxygens (including phenoxy) is 1. The zero-order valence-electron chi connectivity index (χ0n) is 14.0. The molecular formula is C18H21N5O. The van der Waals surface area contributed by atoms with Gasteiger partial charge in [0.1, 0.15) is 17.6 Å². The summed E-state index contributed by atoms with van der Waals surface area (Å²) in [4.78, 5) is 8.75. The summed E-state index contributed by atoms with van der Waals surface area (Å²) in [6.07, 6.45) is 1.77. The summed E-state index contributed by atoms with van der Waals surface area (Å²) in [5.74, 6) is 1.19. The van der Waals surface area contributed by atoms with E-state index in [9.17, 15) is 5.26 Å². The summed E-state index contributed by atoms with van der Waals surface area (Å²) in [6, 6.07) is 10.2. The Morgan fingerprint density at radius 3 is 2.38 bits per heavy atom. The van der Waals surface area contributed by atoms with Gasteiger partial charge in [0.15, 0.2) is 0 Å². The van der Waals surface area contributed by atoms with Crippen LogP contribution in [0.15, 0.2) is 30.5 Å². The van der Waals surface area contributed by atoms with Gasteiger partial charge in [0.25, 0.3) is 0 Å². The quantitative estimate of drug-likeness (QED) is 0.933. The number of pyridine rings is 1. The molecule has 0 bridgehead atoms. The summed E-state index contributed by atoms with van der Waals surface area (Å²) < 4.78 is 5.46. The molecule has 0 amide bonds. The maximum atomic E-state index is 9.26. The third-order valence-electron chi connectivity index (χ3n) is 4.50. The monoisotopic (exact) mass is 323 g/mol. The number of nitrogens with zero attached hydrogens (tertiary/aromatic N) is 4. The standard InChI is InChI=1S/C18H21N5O/c1-13-14(11-19)18(20)21-12-16(13)23-9-7-22(8-10-23)15-5-3-4-6-17(15)24-2/h3-6,12H,7-10H2,1-2H3,(H2,20,21). The number of nitrogens with two attached hydrogens (primary N) is 1. The number of rotatable bonds is 3. The molecule has 1 aromatic heterocycles. The van der Waals surface area contributed by atoms with E-state index in [0.29, 0.717) is 11.4 Å². The largest absolute Gasteiger partial charge is 0.495 e. The fourth-order valence-corrected chi connectivity index (χ4v) is 3.15. The highest BCUT2D eigenvalue weighted by molar-refractivity contribution is 5.66. The van der Waals surface area contributed by atoms with Gasteiger partial charge < -0.3 is 20.3 Å². The van der Waals surface area contributed by atoms with Crippen LogP contribution in [0, 0.1) is 18.3 Å². The van der Waals surface area contributed by atoms with Gasteiger partial charge in [0.2, 0.25) is 0 Å². The molecule has 2 heterocycles. The van der Waals surface area contributed by atoms with Gasteiger partial charge >= 0.3 is 0 Å². The Kier molecular flexibility index (Phi) is 4.43. The molecule has 3 rings (SSSR count). The molecule has 1 fully saturated rings. The van der Waals surface area contributed by atoms with Crippen molar-refractivity contribution < 1.29 is 4.74 Å². The van der Waals surface area contributed by atoms with Crippen LogP contribution in [-0.4, -0.2) is 38.3 Å². The zero-order valence-corrected chi connectivity index (χ0v) is 14.0. The average molecular weight is 323 g/mol. The first kappa shape index (κ1) is 15.9. The Morgan fingerprint density at radius 2 is 1.75 bits per heavy atom. The third kappa shape index (κ3) is 2.81. The number of para-hydroxylation sites is 2. The van der Waals surface area contributed by atoms with Crippen molar-refractivity contribution in [1.29, 1.82) is 5.26 Å². The summed E-state index contributed by atoms with van der Waals surface area (Å²) in [5, 5.41) is 9.26. The van der Waals surface area contributed by atoms with E-state index in [1.807, 2.05) is 25.1 Å². The maximum Gasteiger partial charge on any atom is 0.142 e. The van der Waals surface area contributed by atoms with Crippen molar-refractivity contribution >= 4 is 17.2 Å². The molecule has 0 aliphatic carbocycles. The number of nitriles is 1. The van der Waals surface area contributed by atoms with Crippen molar-refractivity contribution in [2.24, 2.45) is 0 Å². The molecule has 6 nitrogen and oxygen atoms in total. The normalized spacial score (nSPS) is 14.4. The number of aromatic nitrogens is 1. The van der Waals surface area contributed by atoms with Gasteiger partial charge in [-0.25, -0.2) is 4.98 Å². The van der Waals surface area contributed by atoms with Crippen LogP contribution in [0.3, 0.4) is 0 Å². The van der Waals surface area contributed by atoms with E-state index in [4.69, 9.17) is 10.5 Å². The number of piperazine rings is 1. The van der Waals surface area contributed by atoms with Crippen molar-refractivity contribution in [2.45, 2.75) is 6.92 Å². The molecule has 1 aromatic carbocycles. The molecule has 1 aliphatic heterocycles. The van der Waals surface area contributed by atoms with Crippen molar-refractivity contribution in [2.75, 3.05) is 48.8 Å². The number of anilines is 3. The number of nitrogen functional groups attached to an aromatic ring is 1. The highest BCUT2D eigenvalue weighted by Gasteiger charge is 2.22. The minimum Gasteiger partial charge on any atom is -0.495 e. The number of hydrogen-bond acceptors (Lipinski definition) is 6. The average Bonchev–Trinajstić information content (AvgIpc) is 2.62. The Balaban J connectivity index is 1.78. The van der Waals surface area contributed by atoms with E-state index in [0.717, 1.165) is 48.9 Å². The van der Waals surface area contributed by atoms with Crippen LogP contribution < -0.4 is 20.3 Å². The highest BCUT2D eigenvalue weighted by Crippen LogP contribution is 2.30. The van der Waals surface area contributed by atoms with Crippen molar-refractivity contribution in [3.8, 4) is 11.8 Å². The van der Waals surface area contributed by atoms with E-state index < -0.39 is 0 Å². The van der Waals surface area contributed by atoms with Gasteiger partial charge in [-0.1, -0.05) is 12.1 Å². The lowest BCUT2D eigenvalue weighted by Crippen LogP contribution is -2.47. The third-order valence-corrected chi connectivity index (χ3v) is 4.50. The number of hydrogen-bond donors (Lipinski definition) is 1. The van der Waals surface area contributed by atoms with Gasteiger partial charge in [-0.15, -0.1) is 0 Å². The lowest BCUT2D eigenvalue weighted by molar-refractivity contribution is 0.413. The lowest BCUT2D eigenvalue weighted by Gasteiger charge is -2.38. The molecule has 6 heteroatoms. The second kappa shape index (κ2) is 6.67. The predicted molar refractivity (Wildman–Crippen MR) is 95.5 cm³/mol. The molecule has 0 spiro atoms. The van der Waals surface area contributed by atoms with Crippen molar-refractivity contribution in [1.82, 2.24) is 4.98 Å². The van der Waals surface area contributed by atoms with Gasteiger partial charge in [-0.3, -0.25) is 0 Å². The molecular weight excluding hydrogens is 302 g/mol. The minimum absolute atomic E-state index is 0.298. The smallest absolute Gasteiger partial charge is 0.142 e. The Morgan fingerprint density at radius 1 is 1.12 bits per heavy atom. The van der Waals surface area contributed by atoms with Crippen LogP contribution in [0.25, 0.3) is 0 Å². The molecule has 2 N–H and O–H groups in total. The molecule has 124 valence electrons. The Bertz CT molecular complexity index is 775. The minimum atomic E-state index is 0.298. The summed E-state index contributed by atoms with van der Waals surface area (Å²) in [6.45, 7) is 5.40. The lowest BCUT2D eigenvalue weighted by atomic mass is 10.1. The molecule has 0 unspecified atom stereocenters. The van der Waals surface area contributed by atoms with Crippen LogP contribution in [0.1, 0.15) is 11.1 Å². The first-order valence-corrected chi connectivity index (χ1v) is 7.93. The van der Waals surface area contributed by atoms with Crippen LogP contribution >= 0.6 is 0 Å². The van der Waals surface area contributed by atoms with Gasteiger partial charge in [0, 0.05) is 26.2 Å². The van der Waals surface area contributed by atoms with Crippen molar-refractivity contribution in [3.63, 3.8) is 0 Å². The molecule has 0 saturated carbocycles. The molecule has 0 atom stereocenters. The van der Waals surface area contributed by atoms with E-state index in [2.05, 4.69) is 26.9 Å². The van der Waals surface area contributed by atoms with Gasteiger partial charge in [-0.05, 0) is 24.6 Å². The molecule has 24 heavy (non-hydrogen) atoms. The van der Waals surface area contributed by atoms with Crippen LogP contribution in [0.4, 0.5) is 17.2 Å². The van der Waals surface area contributed by atoms with Crippen molar-refractivity contribution in [3.05, 3.63) is 41.6 Å². The number of methoxy groups -OCH3 is 1. The molecule has 0 radical (unpaired) electrons. The highest BCUT2D eigenvalue weighted by atomic mass is 16.5. The second-order valence-electron chi connectivity index (χ2n) is 5.79. The van der Waals surface area contributed by atoms with Crippen LogP contribution in [0.5, 0.6) is 5.75 Å². The Hall–Kier alpha value is -2.94. The first-order chi connectivity index (χ1) is 11.7. The topological polar surface area (TPSA) is 78.4 Å². The molecule has 2 aromatic rings. The summed E-state index contributed by atoms with van der Waals surface area (Å²) in [5.41, 5.74) is 9.26. The van der Waals surface area contributed by atoms with E-state index in [1.54, 1.807) is 13.3 Å². The maximum absolute atomic E-state index is 9.26. The van der Waals surface area contributed by atoms with Gasteiger partial charge in [0.05, 0.1) is 30.2 Å². The summed E-state index contributed by atoms with van der Waals surface area (Å²) in [7, 11) is 1.70. The summed E-state index contributed by atoms with van der Waals surface area (Å²) >= 11 is 0. The molecule has 1 aliphatic rings. The fourth-order valence-electron chi connectivity index (χ4n) is 3.15. The van der Waals surface area contributed by atoms with Gasteiger partial charge in [-0.2, -0.15) is 5.26 Å². The van der Waals surface area contributed by atoms with E-state index >= 15 is 0 Å². The number of benzene rings is 1. The molecule has 1 saturated heterocycles. The van der Waals surface area contributed by atoms with E-state index in [1.165, 1.54) is 0 Å². The second-order valence-corrected chi connectivity index (χ2v) is 5.79. The van der Waals surface area contributed by atoms with E-state index in [-0.39, 0.29) is 0 Å². The van der Waals surface area contributed by atoms with Crippen LogP contribution in [0.2, 0.25) is 0 Å². The first-order valence-electron chi connectivity index (χ1n) is 7.93. The zero-order chi connectivity index (χ0) is 17.1.